The fourth-order valence-electron chi connectivity index (χ4n) is 4.75. The number of fused-ring (bicyclic) bond motifs is 3. The molecule has 168 valence electrons. The summed E-state index contributed by atoms with van der Waals surface area (Å²) in [6, 6.07) is 21.6. The van der Waals surface area contributed by atoms with E-state index in [4.69, 9.17) is 4.99 Å². The summed E-state index contributed by atoms with van der Waals surface area (Å²) in [4.78, 5) is 19.4. The first-order valence-corrected chi connectivity index (χ1v) is 13.3. The largest absolute Gasteiger partial charge is 0.507 e. The molecule has 0 spiro atoms. The van der Waals surface area contributed by atoms with Crippen LogP contribution in [-0.4, -0.2) is 9.67 Å². The first-order chi connectivity index (χ1) is 16.5. The number of allylic oxidation sites excluding steroid dienone is 1. The quantitative estimate of drug-likeness (QED) is 0.331. The average molecular weight is 594 g/mol. The number of thiazole rings is 1. The fraction of sp³-hybridized carbons (Fsp3) is 0.111. The highest BCUT2D eigenvalue weighted by atomic mass is 79.9. The number of benzene rings is 3. The Morgan fingerprint density at radius 1 is 1.00 bits per heavy atom. The molecule has 0 bridgehead atoms. The maximum absolute atomic E-state index is 13.7. The fourth-order valence-corrected chi connectivity index (χ4v) is 6.38. The van der Waals surface area contributed by atoms with Crippen molar-refractivity contribution in [3.8, 4) is 5.75 Å². The van der Waals surface area contributed by atoms with Crippen LogP contribution in [0.5, 0.6) is 5.75 Å². The van der Waals surface area contributed by atoms with E-state index < -0.39 is 0 Å². The van der Waals surface area contributed by atoms with Crippen molar-refractivity contribution in [1.82, 2.24) is 4.57 Å². The number of aromatic nitrogens is 1. The Labute approximate surface area is 216 Å². The van der Waals surface area contributed by atoms with E-state index in [2.05, 4.69) is 62.2 Å². The van der Waals surface area contributed by atoms with E-state index in [1.165, 1.54) is 22.5 Å². The molecule has 0 saturated heterocycles. The lowest BCUT2D eigenvalue weighted by Crippen LogP contribution is -2.38. The Morgan fingerprint density at radius 3 is 2.59 bits per heavy atom. The predicted molar refractivity (Wildman–Crippen MR) is 143 cm³/mol. The predicted octanol–water partition coefficient (Wildman–Crippen LogP) is 5.55. The number of hydrogen-bond donors (Lipinski definition) is 1. The van der Waals surface area contributed by atoms with Crippen LogP contribution in [0.2, 0.25) is 0 Å². The van der Waals surface area contributed by atoms with Crippen molar-refractivity contribution in [2.24, 2.45) is 4.99 Å². The third kappa shape index (κ3) is 3.63. The minimum atomic E-state index is -0.217. The van der Waals surface area contributed by atoms with Gasteiger partial charge in [-0.15, -0.1) is 0 Å². The first-order valence-electron chi connectivity index (χ1n) is 10.9. The van der Waals surface area contributed by atoms with E-state index in [-0.39, 0.29) is 17.4 Å². The van der Waals surface area contributed by atoms with Gasteiger partial charge in [-0.25, -0.2) is 4.99 Å². The summed E-state index contributed by atoms with van der Waals surface area (Å²) in [5.41, 5.74) is 6.14. The highest BCUT2D eigenvalue weighted by Gasteiger charge is 2.32. The summed E-state index contributed by atoms with van der Waals surface area (Å²) in [5.74, 6) is 0.131. The topological polar surface area (TPSA) is 54.6 Å². The van der Waals surface area contributed by atoms with Gasteiger partial charge < -0.3 is 5.11 Å². The van der Waals surface area contributed by atoms with Crippen LogP contribution in [-0.2, 0) is 6.42 Å². The van der Waals surface area contributed by atoms with Crippen LogP contribution in [0.25, 0.3) is 11.8 Å². The van der Waals surface area contributed by atoms with E-state index in [0.29, 0.717) is 14.9 Å². The number of nitrogens with zero attached hydrogens (tertiary/aromatic N) is 2. The third-order valence-corrected chi connectivity index (χ3v) is 8.34. The molecule has 0 saturated carbocycles. The Kier molecular flexibility index (Phi) is 5.43. The SMILES string of the molecule is O=c1/c(=C/c2cc(Br)ccc2O)sc2n1[C@@H](c1ccc(Br)cc1)C1=C(N=2)c2ccccc2CC1. The van der Waals surface area contributed by atoms with Gasteiger partial charge in [0.1, 0.15) is 5.75 Å². The zero-order chi connectivity index (χ0) is 23.4. The molecule has 0 radical (unpaired) electrons. The van der Waals surface area contributed by atoms with E-state index in [9.17, 15) is 9.90 Å². The van der Waals surface area contributed by atoms with Crippen LogP contribution in [0, 0.1) is 0 Å². The molecule has 0 amide bonds. The van der Waals surface area contributed by atoms with Gasteiger partial charge in [0.15, 0.2) is 4.80 Å². The molecule has 34 heavy (non-hydrogen) atoms. The summed E-state index contributed by atoms with van der Waals surface area (Å²) >= 11 is 8.34. The number of phenolic OH excluding ortho intramolecular Hbond substituents is 1. The van der Waals surface area contributed by atoms with Gasteiger partial charge in [0, 0.05) is 20.1 Å². The maximum atomic E-state index is 13.7. The molecular formula is C27H18Br2N2O2S. The summed E-state index contributed by atoms with van der Waals surface area (Å²) in [5, 5.41) is 10.3. The minimum absolute atomic E-state index is 0.0959. The van der Waals surface area contributed by atoms with Crippen molar-refractivity contribution in [2.45, 2.75) is 18.9 Å². The van der Waals surface area contributed by atoms with Gasteiger partial charge in [0.2, 0.25) is 0 Å². The molecule has 6 rings (SSSR count). The van der Waals surface area contributed by atoms with Crippen molar-refractivity contribution in [2.75, 3.05) is 0 Å². The monoisotopic (exact) mass is 592 g/mol. The molecule has 1 aromatic heterocycles. The standard InChI is InChI=1S/C27H18Br2N2O2S/c28-18-8-5-16(6-9-18)25-21-11-7-15-3-1-2-4-20(15)24(21)30-27-31(25)26(33)23(34-27)14-17-13-19(29)10-12-22(17)32/h1-6,8-10,12-14,25,32H,7,11H2/b23-14-/t25-/m0/s1. The van der Waals surface area contributed by atoms with Gasteiger partial charge >= 0.3 is 0 Å². The second-order valence-corrected chi connectivity index (χ2v) is 11.2. The lowest BCUT2D eigenvalue weighted by atomic mass is 9.83. The number of rotatable bonds is 2. The zero-order valence-electron chi connectivity index (χ0n) is 17.8. The highest BCUT2D eigenvalue weighted by Crippen LogP contribution is 2.41. The Bertz CT molecular complexity index is 1670. The van der Waals surface area contributed by atoms with Crippen molar-refractivity contribution < 1.29 is 5.11 Å². The van der Waals surface area contributed by atoms with E-state index >= 15 is 0 Å². The third-order valence-electron chi connectivity index (χ3n) is 6.33. The molecule has 1 atom stereocenters. The molecule has 7 heteroatoms. The molecule has 2 aliphatic rings. The number of hydrogen-bond acceptors (Lipinski definition) is 4. The van der Waals surface area contributed by atoms with Crippen molar-refractivity contribution in [3.05, 3.63) is 123 Å². The molecule has 1 N–H and O–H groups in total. The lowest BCUT2D eigenvalue weighted by molar-refractivity contribution is 0.474. The Hall–Kier alpha value is -2.74. The molecule has 2 heterocycles. The smallest absolute Gasteiger partial charge is 0.271 e. The number of halogens is 2. The number of aromatic hydroxyl groups is 1. The highest BCUT2D eigenvalue weighted by molar-refractivity contribution is 9.10. The molecule has 4 aromatic rings. The van der Waals surface area contributed by atoms with Crippen LogP contribution in [0.3, 0.4) is 0 Å². The molecular weight excluding hydrogens is 576 g/mol. The molecule has 1 aliphatic heterocycles. The van der Waals surface area contributed by atoms with E-state index in [1.54, 1.807) is 24.3 Å². The first kappa shape index (κ1) is 21.8. The lowest BCUT2D eigenvalue weighted by Gasteiger charge is -2.30. The zero-order valence-corrected chi connectivity index (χ0v) is 21.8. The molecule has 3 aromatic carbocycles. The number of phenols is 1. The van der Waals surface area contributed by atoms with Crippen molar-refractivity contribution >= 4 is 55.0 Å². The van der Waals surface area contributed by atoms with Crippen LogP contribution in [0.15, 0.2) is 91.0 Å². The average Bonchev–Trinajstić information content (AvgIpc) is 3.15. The van der Waals surface area contributed by atoms with E-state index in [0.717, 1.165) is 38.6 Å². The maximum Gasteiger partial charge on any atom is 0.271 e. The molecule has 0 fully saturated rings. The minimum Gasteiger partial charge on any atom is -0.507 e. The number of aryl methyl sites for hydroxylation is 1. The Morgan fingerprint density at radius 2 is 1.76 bits per heavy atom. The summed E-state index contributed by atoms with van der Waals surface area (Å²) in [6.07, 6.45) is 3.53. The van der Waals surface area contributed by atoms with E-state index in [1.807, 2.05) is 22.8 Å². The van der Waals surface area contributed by atoms with Gasteiger partial charge in [0.25, 0.3) is 5.56 Å². The van der Waals surface area contributed by atoms with Crippen molar-refractivity contribution in [3.63, 3.8) is 0 Å². The van der Waals surface area contributed by atoms with Crippen LogP contribution in [0.4, 0.5) is 0 Å². The second kappa shape index (κ2) is 8.48. The Balaban J connectivity index is 1.64. The van der Waals surface area contributed by atoms with Crippen LogP contribution >= 0.6 is 43.2 Å². The summed E-state index contributed by atoms with van der Waals surface area (Å²) in [7, 11) is 0. The van der Waals surface area contributed by atoms with Gasteiger partial charge in [0.05, 0.1) is 16.3 Å². The molecule has 4 nitrogen and oxygen atoms in total. The van der Waals surface area contributed by atoms with Crippen molar-refractivity contribution in [1.29, 1.82) is 0 Å². The normalized spacial score (nSPS) is 17.1. The van der Waals surface area contributed by atoms with Crippen LogP contribution in [0.1, 0.15) is 34.7 Å². The van der Waals surface area contributed by atoms with Crippen LogP contribution < -0.4 is 14.9 Å². The second-order valence-electron chi connectivity index (χ2n) is 8.37. The molecule has 0 unspecified atom stereocenters. The summed E-state index contributed by atoms with van der Waals surface area (Å²) < 4.78 is 4.20. The molecule has 1 aliphatic carbocycles. The van der Waals surface area contributed by atoms with Gasteiger partial charge in [-0.1, -0.05) is 79.6 Å². The van der Waals surface area contributed by atoms with Gasteiger partial charge in [-0.2, -0.15) is 0 Å². The van der Waals surface area contributed by atoms with Gasteiger partial charge in [-0.3, -0.25) is 9.36 Å². The van der Waals surface area contributed by atoms with Gasteiger partial charge in [-0.05, 0) is 65.9 Å². The summed E-state index contributed by atoms with van der Waals surface area (Å²) in [6.45, 7) is 0.